The van der Waals surface area contributed by atoms with E-state index in [0.717, 1.165) is 10.0 Å². The molecule has 0 saturated heterocycles. The zero-order valence-electron chi connectivity index (χ0n) is 16.3. The number of anilines is 2. The van der Waals surface area contributed by atoms with Crippen molar-refractivity contribution in [1.29, 1.82) is 0 Å². The summed E-state index contributed by atoms with van der Waals surface area (Å²) in [6, 6.07) is 10.9. The number of allylic oxidation sites excluding steroid dienone is 1. The molecule has 3 aromatic rings. The number of benzene rings is 1. The number of aryl methyl sites for hydroxylation is 1. The van der Waals surface area contributed by atoms with Crippen LogP contribution in [0.2, 0.25) is 0 Å². The summed E-state index contributed by atoms with van der Waals surface area (Å²) in [5.74, 6) is 0.959. The van der Waals surface area contributed by atoms with E-state index in [1.807, 2.05) is 31.2 Å². The first-order valence-electron chi connectivity index (χ1n) is 9.57. The fourth-order valence-electron chi connectivity index (χ4n) is 3.42. The molecule has 8 nitrogen and oxygen atoms in total. The number of fused-ring (bicyclic) bond motifs is 1. The van der Waals surface area contributed by atoms with Crippen LogP contribution in [0.5, 0.6) is 0 Å². The maximum absolute atomic E-state index is 13.3. The highest BCUT2D eigenvalue weighted by atomic mass is 79.9. The summed E-state index contributed by atoms with van der Waals surface area (Å²) in [6.07, 6.45) is 4.39. The zero-order chi connectivity index (χ0) is 21.1. The molecule has 1 unspecified atom stereocenters. The highest BCUT2D eigenvalue weighted by Gasteiger charge is 2.34. The van der Waals surface area contributed by atoms with Crippen LogP contribution in [0.3, 0.4) is 0 Å². The molecule has 1 aromatic carbocycles. The molecule has 0 spiro atoms. The predicted molar refractivity (Wildman–Crippen MR) is 117 cm³/mol. The number of carbonyl (C=O) groups is 1. The average Bonchev–Trinajstić information content (AvgIpc) is 3.15. The summed E-state index contributed by atoms with van der Waals surface area (Å²) in [6.45, 7) is 1.93. The molecule has 0 aliphatic carbocycles. The van der Waals surface area contributed by atoms with E-state index in [4.69, 9.17) is 5.11 Å². The van der Waals surface area contributed by atoms with Gasteiger partial charge in [0.25, 0.3) is 5.91 Å². The smallest absolute Gasteiger partial charge is 0.255 e. The van der Waals surface area contributed by atoms with Crippen LogP contribution in [0.4, 0.5) is 11.6 Å². The minimum Gasteiger partial charge on any atom is -0.396 e. The van der Waals surface area contributed by atoms with Crippen LogP contribution in [0.1, 0.15) is 30.8 Å². The lowest BCUT2D eigenvalue weighted by Crippen LogP contribution is -2.31. The first kappa shape index (κ1) is 20.2. The molecule has 1 aliphatic rings. The minimum atomic E-state index is -0.443. The predicted octanol–water partition coefficient (Wildman–Crippen LogP) is 3.29. The summed E-state index contributed by atoms with van der Waals surface area (Å²) in [4.78, 5) is 21.9. The second-order valence-electron chi connectivity index (χ2n) is 6.94. The normalized spacial score (nSPS) is 15.5. The van der Waals surface area contributed by atoms with Crippen LogP contribution < -0.4 is 10.6 Å². The van der Waals surface area contributed by atoms with Crippen LogP contribution >= 0.6 is 15.9 Å². The number of nitrogens with zero attached hydrogens (tertiary/aromatic N) is 4. The molecular weight excluding hydrogens is 448 g/mol. The Morgan fingerprint density at radius 1 is 1.30 bits per heavy atom. The van der Waals surface area contributed by atoms with Crippen LogP contribution in [-0.4, -0.2) is 37.4 Å². The lowest BCUT2D eigenvalue weighted by atomic mass is 9.95. The number of pyridine rings is 1. The first-order chi connectivity index (χ1) is 14.6. The topological polar surface area (TPSA) is 105 Å². The van der Waals surface area contributed by atoms with Crippen LogP contribution in [0, 0.1) is 0 Å². The summed E-state index contributed by atoms with van der Waals surface area (Å²) < 4.78 is 2.69. The zero-order valence-corrected chi connectivity index (χ0v) is 17.9. The Kier molecular flexibility index (Phi) is 5.91. The van der Waals surface area contributed by atoms with E-state index in [2.05, 4.69) is 41.6 Å². The molecule has 0 fully saturated rings. The van der Waals surface area contributed by atoms with E-state index >= 15 is 0 Å². The first-order valence-corrected chi connectivity index (χ1v) is 10.4. The second kappa shape index (κ2) is 8.76. The van der Waals surface area contributed by atoms with E-state index in [0.29, 0.717) is 41.6 Å². The molecule has 1 amide bonds. The Hall–Kier alpha value is -3.04. The Bertz CT molecular complexity index is 1080. The fraction of sp³-hybridized carbons (Fsp3) is 0.238. The van der Waals surface area contributed by atoms with Gasteiger partial charge in [-0.2, -0.15) is 10.1 Å². The summed E-state index contributed by atoms with van der Waals surface area (Å²) in [5, 5.41) is 19.9. The van der Waals surface area contributed by atoms with Gasteiger partial charge in [-0.15, -0.1) is 0 Å². The van der Waals surface area contributed by atoms with Gasteiger partial charge in [0.1, 0.15) is 6.04 Å². The molecule has 1 aliphatic heterocycles. The Morgan fingerprint density at radius 2 is 2.10 bits per heavy atom. The van der Waals surface area contributed by atoms with Gasteiger partial charge in [-0.05, 0) is 43.2 Å². The van der Waals surface area contributed by atoms with Gasteiger partial charge in [-0.25, -0.2) is 4.68 Å². The lowest BCUT2D eigenvalue weighted by Gasteiger charge is -2.28. The minimum absolute atomic E-state index is 0.0729. The molecule has 30 heavy (non-hydrogen) atoms. The van der Waals surface area contributed by atoms with E-state index < -0.39 is 6.04 Å². The largest absolute Gasteiger partial charge is 0.396 e. The van der Waals surface area contributed by atoms with Gasteiger partial charge in [0.05, 0.1) is 17.5 Å². The second-order valence-corrected chi connectivity index (χ2v) is 7.85. The summed E-state index contributed by atoms with van der Waals surface area (Å²) in [5.41, 5.74) is 2.78. The number of carbonyl (C=O) groups excluding carboxylic acids is 1. The maximum Gasteiger partial charge on any atom is 0.255 e. The molecule has 0 bridgehead atoms. The molecule has 4 rings (SSSR count). The van der Waals surface area contributed by atoms with Crippen molar-refractivity contribution in [2.24, 2.45) is 0 Å². The Balaban J connectivity index is 1.75. The van der Waals surface area contributed by atoms with Crippen molar-refractivity contribution in [2.75, 3.05) is 17.2 Å². The average molecular weight is 469 g/mol. The fourth-order valence-corrected chi connectivity index (χ4v) is 3.69. The quantitative estimate of drug-likeness (QED) is 0.512. The number of rotatable bonds is 6. The number of aliphatic hydroxyl groups is 1. The maximum atomic E-state index is 13.3. The number of aromatic nitrogens is 4. The van der Waals surface area contributed by atoms with Crippen molar-refractivity contribution < 1.29 is 9.90 Å². The van der Waals surface area contributed by atoms with Crippen molar-refractivity contribution in [2.45, 2.75) is 25.8 Å². The number of hydrogen-bond donors (Lipinski definition) is 3. The summed E-state index contributed by atoms with van der Waals surface area (Å²) >= 11 is 3.46. The third kappa shape index (κ3) is 4.12. The Morgan fingerprint density at radius 3 is 2.80 bits per heavy atom. The van der Waals surface area contributed by atoms with Gasteiger partial charge in [0, 0.05) is 29.4 Å². The van der Waals surface area contributed by atoms with E-state index in [-0.39, 0.29) is 12.5 Å². The number of hydrogen-bond acceptors (Lipinski definition) is 6. The van der Waals surface area contributed by atoms with Crippen molar-refractivity contribution in [3.63, 3.8) is 0 Å². The van der Waals surface area contributed by atoms with E-state index in [1.165, 1.54) is 0 Å². The molecule has 1 atom stereocenters. The Labute approximate surface area is 182 Å². The van der Waals surface area contributed by atoms with Gasteiger partial charge >= 0.3 is 0 Å². The monoisotopic (exact) mass is 468 g/mol. The number of amides is 1. The van der Waals surface area contributed by atoms with Gasteiger partial charge in [-0.1, -0.05) is 28.1 Å². The molecule has 0 radical (unpaired) electrons. The molecule has 3 heterocycles. The molecule has 9 heteroatoms. The standard InChI is InChI=1S/C21H21BrN6O2/c1-13-18(20(30)25-16-4-2-10-23-12-16)19(14-6-8-15(22)9-7-14)28-21(24-13)26-17(27-28)5-3-11-29/h2,4,6-10,12,19,29H,3,5,11H2,1H3,(H,25,30)(H,24,26,27). The van der Waals surface area contributed by atoms with E-state index in [9.17, 15) is 4.79 Å². The number of halogens is 1. The molecule has 2 aromatic heterocycles. The molecule has 154 valence electrons. The van der Waals surface area contributed by atoms with Crippen LogP contribution in [-0.2, 0) is 11.2 Å². The van der Waals surface area contributed by atoms with Crippen molar-refractivity contribution in [1.82, 2.24) is 19.7 Å². The van der Waals surface area contributed by atoms with E-state index in [1.54, 1.807) is 29.2 Å². The molecule has 0 saturated carbocycles. The summed E-state index contributed by atoms with van der Waals surface area (Å²) in [7, 11) is 0. The SMILES string of the molecule is CC1=C(C(=O)Nc2cccnc2)C(c2ccc(Br)cc2)n2nc(CCCO)nc2N1. The van der Waals surface area contributed by atoms with Gasteiger partial charge < -0.3 is 15.7 Å². The van der Waals surface area contributed by atoms with Gasteiger partial charge in [-0.3, -0.25) is 9.78 Å². The molecular formula is C21H21BrN6O2. The van der Waals surface area contributed by atoms with Crippen molar-refractivity contribution in [3.8, 4) is 0 Å². The molecule has 3 N–H and O–H groups in total. The van der Waals surface area contributed by atoms with Gasteiger partial charge in [0.15, 0.2) is 5.82 Å². The highest BCUT2D eigenvalue weighted by molar-refractivity contribution is 9.10. The van der Waals surface area contributed by atoms with Crippen LogP contribution in [0.25, 0.3) is 0 Å². The highest BCUT2D eigenvalue weighted by Crippen LogP contribution is 2.36. The van der Waals surface area contributed by atoms with Crippen molar-refractivity contribution >= 4 is 33.5 Å². The number of nitrogens with one attached hydrogen (secondary N) is 2. The number of aliphatic hydroxyl groups excluding tert-OH is 1. The third-order valence-corrected chi connectivity index (χ3v) is 5.33. The third-order valence-electron chi connectivity index (χ3n) is 4.80. The van der Waals surface area contributed by atoms with Crippen LogP contribution in [0.15, 0.2) is 64.5 Å². The van der Waals surface area contributed by atoms with Crippen molar-refractivity contribution in [3.05, 3.63) is 75.9 Å². The van der Waals surface area contributed by atoms with Gasteiger partial charge in [0.2, 0.25) is 5.95 Å². The lowest BCUT2D eigenvalue weighted by molar-refractivity contribution is -0.113.